The minimum Gasteiger partial charge on any atom is -0.489 e. The number of nitrogens with zero attached hydrogens (tertiary/aromatic N) is 3. The number of anilines is 1. The standard InChI is InChI=1S/C26H19FN4O2S/c27-18-10-8-16(9-11-18)15-33-19-5-3-4-17(12-19)20-13-24(32)30-25-21(20)14-28-31(25)26-29-22-6-1-2-7-23(22)34-26/h1-12,14,20H,13,15H2,(H,30,32). The van der Waals surface area contributed by atoms with E-state index in [1.807, 2.05) is 48.5 Å². The molecule has 5 aromatic rings. The van der Waals surface area contributed by atoms with Gasteiger partial charge in [0, 0.05) is 17.9 Å². The lowest BCUT2D eigenvalue weighted by molar-refractivity contribution is -0.116. The average molecular weight is 471 g/mol. The Labute approximate surface area is 198 Å². The lowest BCUT2D eigenvalue weighted by Gasteiger charge is -2.23. The van der Waals surface area contributed by atoms with Gasteiger partial charge in [0.15, 0.2) is 0 Å². The van der Waals surface area contributed by atoms with Gasteiger partial charge in [0.1, 0.15) is 24.0 Å². The minimum atomic E-state index is -0.275. The third kappa shape index (κ3) is 3.82. The van der Waals surface area contributed by atoms with E-state index in [0.29, 0.717) is 29.7 Å². The molecule has 34 heavy (non-hydrogen) atoms. The van der Waals surface area contributed by atoms with E-state index in [-0.39, 0.29) is 17.6 Å². The zero-order valence-corrected chi connectivity index (χ0v) is 18.8. The SMILES string of the molecule is O=C1CC(c2cccc(OCc3ccc(F)cc3)c2)c2cnn(-c3nc4ccccc4s3)c2N1. The fourth-order valence-corrected chi connectivity index (χ4v) is 5.11. The highest BCUT2D eigenvalue weighted by Crippen LogP contribution is 2.39. The molecule has 0 fully saturated rings. The maximum atomic E-state index is 13.1. The number of fused-ring (bicyclic) bond motifs is 2. The second-order valence-electron chi connectivity index (χ2n) is 8.12. The molecule has 1 atom stereocenters. The number of nitrogens with one attached hydrogen (secondary N) is 1. The normalized spacial score (nSPS) is 15.2. The largest absolute Gasteiger partial charge is 0.489 e. The second kappa shape index (κ2) is 8.39. The molecule has 0 aliphatic carbocycles. The van der Waals surface area contributed by atoms with Crippen molar-refractivity contribution in [2.75, 3.05) is 5.32 Å². The van der Waals surface area contributed by atoms with Crippen LogP contribution in [0.15, 0.2) is 79.0 Å². The van der Waals surface area contributed by atoms with E-state index in [9.17, 15) is 9.18 Å². The van der Waals surface area contributed by atoms with Crippen LogP contribution in [0.5, 0.6) is 5.75 Å². The van der Waals surface area contributed by atoms with Crippen LogP contribution in [0.4, 0.5) is 10.2 Å². The van der Waals surface area contributed by atoms with Crippen molar-refractivity contribution in [3.63, 3.8) is 0 Å². The van der Waals surface area contributed by atoms with Crippen molar-refractivity contribution in [3.8, 4) is 10.9 Å². The van der Waals surface area contributed by atoms with Crippen molar-refractivity contribution >= 4 is 33.3 Å². The lowest BCUT2D eigenvalue weighted by Crippen LogP contribution is -2.24. The van der Waals surface area contributed by atoms with Crippen LogP contribution < -0.4 is 10.1 Å². The number of hydrogen-bond acceptors (Lipinski definition) is 5. The summed E-state index contributed by atoms with van der Waals surface area (Å²) in [5.41, 5.74) is 3.69. The summed E-state index contributed by atoms with van der Waals surface area (Å²) in [5.74, 6) is 0.841. The van der Waals surface area contributed by atoms with E-state index >= 15 is 0 Å². The molecule has 0 saturated heterocycles. The van der Waals surface area contributed by atoms with E-state index in [0.717, 1.165) is 26.9 Å². The van der Waals surface area contributed by atoms with Crippen molar-refractivity contribution < 1.29 is 13.9 Å². The lowest BCUT2D eigenvalue weighted by atomic mass is 9.87. The highest BCUT2D eigenvalue weighted by molar-refractivity contribution is 7.20. The van der Waals surface area contributed by atoms with Crippen molar-refractivity contribution in [1.82, 2.24) is 14.8 Å². The van der Waals surface area contributed by atoms with Gasteiger partial charge < -0.3 is 10.1 Å². The molecule has 0 spiro atoms. The summed E-state index contributed by atoms with van der Waals surface area (Å²) in [4.78, 5) is 17.3. The van der Waals surface area contributed by atoms with Crippen LogP contribution in [0.2, 0.25) is 0 Å². The van der Waals surface area contributed by atoms with Crippen LogP contribution in [-0.4, -0.2) is 20.7 Å². The van der Waals surface area contributed by atoms with Crippen molar-refractivity contribution in [2.24, 2.45) is 0 Å². The van der Waals surface area contributed by atoms with Crippen LogP contribution in [0.25, 0.3) is 15.3 Å². The number of ether oxygens (including phenoxy) is 1. The number of aromatic nitrogens is 3. The first-order valence-corrected chi connectivity index (χ1v) is 11.7. The van der Waals surface area contributed by atoms with Crippen LogP contribution in [-0.2, 0) is 11.4 Å². The molecule has 8 heteroatoms. The van der Waals surface area contributed by atoms with Gasteiger partial charge in [0.05, 0.1) is 16.4 Å². The Hall–Kier alpha value is -4.04. The average Bonchev–Trinajstić information content (AvgIpc) is 3.47. The van der Waals surface area contributed by atoms with Crippen molar-refractivity contribution in [2.45, 2.75) is 18.9 Å². The third-order valence-electron chi connectivity index (χ3n) is 5.86. The molecular formula is C26H19FN4O2S. The molecule has 6 rings (SSSR count). The van der Waals surface area contributed by atoms with Gasteiger partial charge in [0.25, 0.3) is 0 Å². The van der Waals surface area contributed by atoms with Gasteiger partial charge in [0.2, 0.25) is 11.0 Å². The van der Waals surface area contributed by atoms with E-state index < -0.39 is 0 Å². The number of para-hydroxylation sites is 1. The number of benzene rings is 3. The zero-order valence-electron chi connectivity index (χ0n) is 17.9. The maximum Gasteiger partial charge on any atom is 0.226 e. The van der Waals surface area contributed by atoms with E-state index in [2.05, 4.69) is 15.4 Å². The number of amides is 1. The summed E-state index contributed by atoms with van der Waals surface area (Å²) in [6.45, 7) is 0.329. The predicted octanol–water partition coefficient (Wildman–Crippen LogP) is 5.67. The topological polar surface area (TPSA) is 69.0 Å². The Morgan fingerprint density at radius 3 is 2.79 bits per heavy atom. The van der Waals surface area contributed by atoms with Crippen LogP contribution in [0.3, 0.4) is 0 Å². The summed E-state index contributed by atoms with van der Waals surface area (Å²) in [5, 5.41) is 8.26. The molecule has 2 aromatic heterocycles. The fourth-order valence-electron chi connectivity index (χ4n) is 4.18. The zero-order chi connectivity index (χ0) is 23.1. The van der Waals surface area contributed by atoms with Crippen LogP contribution >= 0.6 is 11.3 Å². The molecule has 6 nitrogen and oxygen atoms in total. The summed E-state index contributed by atoms with van der Waals surface area (Å²) in [7, 11) is 0. The minimum absolute atomic E-state index is 0.0713. The summed E-state index contributed by atoms with van der Waals surface area (Å²) >= 11 is 1.53. The van der Waals surface area contributed by atoms with Gasteiger partial charge >= 0.3 is 0 Å². The third-order valence-corrected chi connectivity index (χ3v) is 6.88. The van der Waals surface area contributed by atoms with Gasteiger partial charge in [-0.2, -0.15) is 9.78 Å². The van der Waals surface area contributed by atoms with Gasteiger partial charge in [-0.1, -0.05) is 47.7 Å². The number of thiazole rings is 1. The van der Waals surface area contributed by atoms with Crippen molar-refractivity contribution in [1.29, 1.82) is 0 Å². The molecule has 1 unspecified atom stereocenters. The van der Waals surface area contributed by atoms with Crippen LogP contribution in [0, 0.1) is 5.82 Å². The Morgan fingerprint density at radius 1 is 1.09 bits per heavy atom. The first-order valence-electron chi connectivity index (χ1n) is 10.8. The molecule has 1 aliphatic rings. The highest BCUT2D eigenvalue weighted by atomic mass is 32.1. The molecule has 3 heterocycles. The first-order chi connectivity index (χ1) is 16.6. The number of rotatable bonds is 5. The van der Waals surface area contributed by atoms with Gasteiger partial charge in [-0.15, -0.1) is 0 Å². The smallest absolute Gasteiger partial charge is 0.226 e. The highest BCUT2D eigenvalue weighted by Gasteiger charge is 2.31. The first kappa shape index (κ1) is 20.6. The molecule has 1 aliphatic heterocycles. The fraction of sp³-hybridized carbons (Fsp3) is 0.115. The van der Waals surface area contributed by atoms with E-state index in [1.165, 1.54) is 23.5 Å². The molecular weight excluding hydrogens is 451 g/mol. The molecule has 0 bridgehead atoms. The molecule has 168 valence electrons. The Kier molecular flexibility index (Phi) is 5.07. The number of carbonyl (C=O) groups is 1. The number of halogens is 1. The molecule has 1 amide bonds. The number of hydrogen-bond donors (Lipinski definition) is 1. The summed E-state index contributed by atoms with van der Waals surface area (Å²) in [6, 6.07) is 21.9. The monoisotopic (exact) mass is 470 g/mol. The summed E-state index contributed by atoms with van der Waals surface area (Å²) in [6.07, 6.45) is 2.12. The van der Waals surface area contributed by atoms with Gasteiger partial charge in [-0.25, -0.2) is 9.37 Å². The molecule has 0 saturated carbocycles. The van der Waals surface area contributed by atoms with E-state index in [1.54, 1.807) is 23.0 Å². The second-order valence-corrected chi connectivity index (χ2v) is 9.13. The van der Waals surface area contributed by atoms with Crippen LogP contribution in [0.1, 0.15) is 29.0 Å². The molecule has 0 radical (unpaired) electrons. The van der Waals surface area contributed by atoms with E-state index in [4.69, 9.17) is 4.74 Å². The van der Waals surface area contributed by atoms with Gasteiger partial charge in [-0.05, 0) is 47.5 Å². The molecule has 3 aromatic carbocycles. The van der Waals surface area contributed by atoms with Gasteiger partial charge in [-0.3, -0.25) is 4.79 Å². The Bertz CT molecular complexity index is 1480. The quantitative estimate of drug-likeness (QED) is 0.359. The number of carbonyl (C=O) groups excluding carboxylic acids is 1. The molecule has 1 N–H and O–H groups in total. The Balaban J connectivity index is 1.30. The Morgan fingerprint density at radius 2 is 1.94 bits per heavy atom. The predicted molar refractivity (Wildman–Crippen MR) is 129 cm³/mol. The van der Waals surface area contributed by atoms with Crippen molar-refractivity contribution in [3.05, 3.63) is 102 Å². The summed E-state index contributed by atoms with van der Waals surface area (Å²) < 4.78 is 21.8. The maximum absolute atomic E-state index is 13.1.